The van der Waals surface area contributed by atoms with E-state index < -0.39 is 35.2 Å². The molecule has 8 bridgehead atoms. The molecular weight excluding hydrogens is 541 g/mol. The van der Waals surface area contributed by atoms with Gasteiger partial charge in [-0.1, -0.05) is 42.5 Å². The van der Waals surface area contributed by atoms with E-state index in [-0.39, 0.29) is 36.2 Å². The molecule has 11 nitrogen and oxygen atoms in total. The molecule has 1 aromatic heterocycles. The first kappa shape index (κ1) is 26.7. The number of hydrogen-bond donors (Lipinski definition) is 5. The number of ether oxygens (including phenoxy) is 1. The summed E-state index contributed by atoms with van der Waals surface area (Å²) in [5.41, 5.74) is 0.910. The highest BCUT2D eigenvalue weighted by Gasteiger charge is 2.48. The molecule has 1 unspecified atom stereocenters. The van der Waals surface area contributed by atoms with Crippen LogP contribution in [0.1, 0.15) is 18.1 Å². The van der Waals surface area contributed by atoms with Crippen molar-refractivity contribution in [2.24, 2.45) is 0 Å². The predicted octanol–water partition coefficient (Wildman–Crippen LogP) is 3.55. The van der Waals surface area contributed by atoms with E-state index in [0.717, 1.165) is 17.3 Å². The van der Waals surface area contributed by atoms with Crippen molar-refractivity contribution in [1.29, 1.82) is 0 Å². The summed E-state index contributed by atoms with van der Waals surface area (Å²) in [7, 11) is 0. The van der Waals surface area contributed by atoms with Crippen molar-refractivity contribution in [2.75, 3.05) is 16.0 Å². The SMILES string of the molecule is CC12Oc3ccc(cc3NC1=O)Nc1nc(ncc1F)Nc1cccc(c1)CNC(=O)[C@H](Cc1ccccc1)NC2=O. The first-order valence-corrected chi connectivity index (χ1v) is 13.2. The Hall–Kier alpha value is -5.52. The maximum atomic E-state index is 14.6. The highest BCUT2D eigenvalue weighted by molar-refractivity contribution is 6.16. The van der Waals surface area contributed by atoms with Crippen LogP contribution in [0.15, 0.2) is 79.0 Å². The monoisotopic (exact) mass is 567 g/mol. The number of carbonyl (C=O) groups is 3. The van der Waals surface area contributed by atoms with Gasteiger partial charge < -0.3 is 31.3 Å². The lowest BCUT2D eigenvalue weighted by molar-refractivity contribution is -0.148. The van der Waals surface area contributed by atoms with E-state index in [1.54, 1.807) is 30.3 Å². The fourth-order valence-corrected chi connectivity index (χ4v) is 4.66. The van der Waals surface area contributed by atoms with Gasteiger partial charge in [-0.2, -0.15) is 4.98 Å². The Labute approximate surface area is 239 Å². The fraction of sp³-hybridized carbons (Fsp3) is 0.167. The number of aromatic nitrogens is 2. The molecule has 8 rings (SSSR count). The number of carbonyl (C=O) groups excluding carboxylic acids is 3. The number of amides is 3. The van der Waals surface area contributed by atoms with E-state index >= 15 is 0 Å². The summed E-state index contributed by atoms with van der Waals surface area (Å²) >= 11 is 0. The number of benzene rings is 3. The van der Waals surface area contributed by atoms with E-state index in [9.17, 15) is 18.8 Å². The quantitative estimate of drug-likeness (QED) is 0.231. The summed E-state index contributed by atoms with van der Waals surface area (Å²) in [6.07, 6.45) is 1.22. The highest BCUT2D eigenvalue weighted by atomic mass is 19.1. The molecule has 0 spiro atoms. The zero-order valence-electron chi connectivity index (χ0n) is 22.4. The van der Waals surface area contributed by atoms with Crippen molar-refractivity contribution in [2.45, 2.75) is 31.5 Å². The number of nitrogens with one attached hydrogen (secondary N) is 5. The third-order valence-corrected chi connectivity index (χ3v) is 6.97. The van der Waals surface area contributed by atoms with Gasteiger partial charge >= 0.3 is 0 Å². The van der Waals surface area contributed by atoms with Gasteiger partial charge in [0.05, 0.1) is 11.9 Å². The van der Waals surface area contributed by atoms with Crippen molar-refractivity contribution in [1.82, 2.24) is 20.6 Å². The molecule has 42 heavy (non-hydrogen) atoms. The van der Waals surface area contributed by atoms with Crippen LogP contribution in [0.2, 0.25) is 0 Å². The molecule has 4 aromatic rings. The molecule has 5 N–H and O–H groups in total. The minimum Gasteiger partial charge on any atom is -0.466 e. The largest absolute Gasteiger partial charge is 0.466 e. The van der Waals surface area contributed by atoms with Gasteiger partial charge in [0, 0.05) is 24.3 Å². The van der Waals surface area contributed by atoms with Gasteiger partial charge in [0.1, 0.15) is 11.8 Å². The zero-order chi connectivity index (χ0) is 29.3. The molecular formula is C30H26FN7O4. The second-order valence-corrected chi connectivity index (χ2v) is 10.1. The van der Waals surface area contributed by atoms with Crippen molar-refractivity contribution < 1.29 is 23.5 Å². The Kier molecular flexibility index (Phi) is 6.87. The van der Waals surface area contributed by atoms with Crippen molar-refractivity contribution in [3.8, 4) is 5.75 Å². The van der Waals surface area contributed by atoms with Crippen LogP contribution in [-0.4, -0.2) is 39.3 Å². The lowest BCUT2D eigenvalue weighted by Gasteiger charge is -2.34. The van der Waals surface area contributed by atoms with Crippen LogP contribution < -0.4 is 31.3 Å². The smallest absolute Gasteiger partial charge is 0.278 e. The fourth-order valence-electron chi connectivity index (χ4n) is 4.66. The lowest BCUT2D eigenvalue weighted by Crippen LogP contribution is -2.62. The minimum absolute atomic E-state index is 0.0954. The van der Waals surface area contributed by atoms with Crippen LogP contribution in [0.4, 0.5) is 33.2 Å². The number of rotatable bonds is 2. The van der Waals surface area contributed by atoms with Gasteiger partial charge in [-0.05, 0) is 48.4 Å². The minimum atomic E-state index is -1.97. The average Bonchev–Trinajstić information content (AvgIpc) is 2.98. The molecule has 0 fully saturated rings. The van der Waals surface area contributed by atoms with Gasteiger partial charge in [-0.15, -0.1) is 0 Å². The lowest BCUT2D eigenvalue weighted by atomic mass is 9.99. The van der Waals surface area contributed by atoms with E-state index in [4.69, 9.17) is 4.74 Å². The molecule has 5 heterocycles. The van der Waals surface area contributed by atoms with Crippen LogP contribution >= 0.6 is 0 Å². The Morgan fingerprint density at radius 1 is 0.929 bits per heavy atom. The Morgan fingerprint density at radius 3 is 2.57 bits per heavy atom. The summed E-state index contributed by atoms with van der Waals surface area (Å²) in [6.45, 7) is 1.49. The van der Waals surface area contributed by atoms with Gasteiger partial charge in [0.2, 0.25) is 11.9 Å². The van der Waals surface area contributed by atoms with Gasteiger partial charge in [0.25, 0.3) is 17.4 Å². The summed E-state index contributed by atoms with van der Waals surface area (Å²) in [6, 6.07) is 20.1. The van der Waals surface area contributed by atoms with E-state index in [0.29, 0.717) is 11.4 Å². The molecule has 4 aliphatic rings. The van der Waals surface area contributed by atoms with Gasteiger partial charge in [-0.25, -0.2) is 9.37 Å². The van der Waals surface area contributed by atoms with Crippen LogP contribution in [0, 0.1) is 5.82 Å². The Morgan fingerprint density at radius 2 is 1.74 bits per heavy atom. The van der Waals surface area contributed by atoms with E-state index in [1.807, 2.05) is 36.4 Å². The molecule has 212 valence electrons. The molecule has 0 saturated carbocycles. The number of anilines is 5. The maximum Gasteiger partial charge on any atom is 0.278 e. The molecule has 2 atom stereocenters. The summed E-state index contributed by atoms with van der Waals surface area (Å²) < 4.78 is 20.5. The van der Waals surface area contributed by atoms with Crippen LogP contribution in [0.25, 0.3) is 0 Å². The third-order valence-electron chi connectivity index (χ3n) is 6.97. The van der Waals surface area contributed by atoms with Crippen LogP contribution in [0.5, 0.6) is 5.75 Å². The van der Waals surface area contributed by atoms with Gasteiger partial charge in [0.15, 0.2) is 11.6 Å². The molecule has 0 radical (unpaired) electrons. The Balaban J connectivity index is 1.39. The predicted molar refractivity (Wildman–Crippen MR) is 153 cm³/mol. The topological polar surface area (TPSA) is 146 Å². The standard InChI is InChI=1S/C30H26FN7O4/c1-30-27(40)36-22-14-20(10-11-24(22)42-30)34-25-21(31)16-33-29(38-25)35-19-9-5-8-18(12-19)15-32-26(39)23(37-28(30)41)13-17-6-3-2-4-7-17/h2-12,14,16,23H,13,15H2,1H3,(H,32,39)(H,36,40)(H,37,41)(H2,33,34,35,38)/t23-,30?/m0/s1. The van der Waals surface area contributed by atoms with E-state index in [2.05, 4.69) is 36.6 Å². The molecule has 3 aromatic carbocycles. The molecule has 0 aliphatic carbocycles. The van der Waals surface area contributed by atoms with E-state index in [1.165, 1.54) is 13.0 Å². The highest BCUT2D eigenvalue weighted by Crippen LogP contribution is 2.37. The Bertz CT molecular complexity index is 1700. The maximum absolute atomic E-state index is 14.6. The summed E-state index contributed by atoms with van der Waals surface area (Å²) in [4.78, 5) is 48.5. The summed E-state index contributed by atoms with van der Waals surface area (Å²) in [5.74, 6) is -2.36. The second kappa shape index (κ2) is 10.8. The third kappa shape index (κ3) is 5.42. The van der Waals surface area contributed by atoms with Crippen molar-refractivity contribution in [3.63, 3.8) is 0 Å². The first-order chi connectivity index (χ1) is 20.3. The van der Waals surface area contributed by atoms with Crippen molar-refractivity contribution in [3.05, 3.63) is 95.9 Å². The molecule has 3 amide bonds. The molecule has 12 heteroatoms. The molecule has 0 saturated heterocycles. The second-order valence-electron chi connectivity index (χ2n) is 10.1. The number of halogens is 1. The van der Waals surface area contributed by atoms with Crippen LogP contribution in [0.3, 0.4) is 0 Å². The number of hydrogen-bond acceptors (Lipinski definition) is 8. The summed E-state index contributed by atoms with van der Waals surface area (Å²) in [5, 5.41) is 14.2. The van der Waals surface area contributed by atoms with Gasteiger partial charge in [-0.3, -0.25) is 14.4 Å². The van der Waals surface area contributed by atoms with Crippen LogP contribution in [-0.2, 0) is 27.3 Å². The molecule has 4 aliphatic heterocycles. The average molecular weight is 568 g/mol. The number of fused-ring (bicyclic) bond motifs is 2. The number of nitrogens with zero attached hydrogens (tertiary/aromatic N) is 2. The zero-order valence-corrected chi connectivity index (χ0v) is 22.4. The van der Waals surface area contributed by atoms with Crippen molar-refractivity contribution >= 4 is 46.5 Å². The first-order valence-electron chi connectivity index (χ1n) is 13.2. The normalized spacial score (nSPS) is 19.9.